The number of anilines is 1. The Morgan fingerprint density at radius 3 is 2.36 bits per heavy atom. The van der Waals surface area contributed by atoms with Crippen molar-refractivity contribution in [2.24, 2.45) is 0 Å². The van der Waals surface area contributed by atoms with E-state index in [4.69, 9.17) is 13.9 Å². The molecule has 1 fully saturated rings. The van der Waals surface area contributed by atoms with Crippen molar-refractivity contribution in [1.82, 2.24) is 4.98 Å². The predicted octanol–water partition coefficient (Wildman–Crippen LogP) is 4.25. The topological polar surface area (TPSA) is 98.9 Å². The molecule has 0 atom stereocenters. The summed E-state index contributed by atoms with van der Waals surface area (Å²) in [5, 5.41) is 1.17. The minimum Gasteiger partial charge on any atom is -0.461 e. The van der Waals surface area contributed by atoms with Crippen molar-refractivity contribution in [2.45, 2.75) is 46.5 Å². The Balaban J connectivity index is 2.07. The van der Waals surface area contributed by atoms with Crippen LogP contribution >= 0.6 is 0 Å². The number of carbonyl (C=O) groups is 2. The molecular formula is C25H28N2O6. The average Bonchev–Trinajstić information content (AvgIpc) is 3.34. The minimum atomic E-state index is -0.690. The predicted molar refractivity (Wildman–Crippen MR) is 125 cm³/mol. The highest BCUT2D eigenvalue weighted by atomic mass is 16.5. The number of hydrogen-bond acceptors (Lipinski definition) is 8. The second-order valence-electron chi connectivity index (χ2n) is 8.01. The third kappa shape index (κ3) is 4.29. The summed E-state index contributed by atoms with van der Waals surface area (Å²) in [4.78, 5) is 44.8. The molecule has 0 radical (unpaired) electrons. The summed E-state index contributed by atoms with van der Waals surface area (Å²) in [6, 6.07) is 4.69. The first kappa shape index (κ1) is 22.8. The van der Waals surface area contributed by atoms with E-state index in [1.807, 2.05) is 6.92 Å². The normalized spacial score (nSPS) is 13.6. The zero-order valence-electron chi connectivity index (χ0n) is 19.2. The average molecular weight is 453 g/mol. The molecule has 33 heavy (non-hydrogen) atoms. The van der Waals surface area contributed by atoms with Gasteiger partial charge in [0.2, 0.25) is 5.76 Å². The quantitative estimate of drug-likeness (QED) is 0.388. The number of nitrogens with zero attached hydrogens (tertiary/aromatic N) is 2. The summed E-state index contributed by atoms with van der Waals surface area (Å²) in [5.41, 5.74) is 2.34. The molecule has 0 saturated carbocycles. The third-order valence-electron chi connectivity index (χ3n) is 5.78. The second-order valence-corrected chi connectivity index (χ2v) is 8.01. The highest BCUT2D eigenvalue weighted by Gasteiger charge is 2.24. The molecule has 0 N–H and O–H groups in total. The van der Waals surface area contributed by atoms with Crippen LogP contribution < -0.4 is 10.3 Å². The number of pyridine rings is 1. The molecular weight excluding hydrogens is 424 g/mol. The van der Waals surface area contributed by atoms with Gasteiger partial charge in [0.15, 0.2) is 11.1 Å². The molecule has 3 aromatic rings. The Kier molecular flexibility index (Phi) is 6.62. The molecule has 8 heteroatoms. The molecule has 0 amide bonds. The summed E-state index contributed by atoms with van der Waals surface area (Å²) in [6.07, 6.45) is 3.42. The molecule has 1 aromatic carbocycles. The zero-order chi connectivity index (χ0) is 23.5. The van der Waals surface area contributed by atoms with Crippen LogP contribution in [0.4, 0.5) is 5.69 Å². The Morgan fingerprint density at radius 2 is 1.70 bits per heavy atom. The van der Waals surface area contributed by atoms with Crippen LogP contribution in [0.15, 0.2) is 27.4 Å². The number of rotatable bonds is 7. The Morgan fingerprint density at radius 1 is 1.00 bits per heavy atom. The maximum Gasteiger partial charge on any atom is 0.374 e. The van der Waals surface area contributed by atoms with Gasteiger partial charge in [0.1, 0.15) is 5.58 Å². The minimum absolute atomic E-state index is 0.146. The van der Waals surface area contributed by atoms with Gasteiger partial charge < -0.3 is 18.8 Å². The lowest BCUT2D eigenvalue weighted by Crippen LogP contribution is -2.20. The van der Waals surface area contributed by atoms with Crippen molar-refractivity contribution >= 4 is 39.5 Å². The van der Waals surface area contributed by atoms with Crippen molar-refractivity contribution in [1.29, 1.82) is 0 Å². The lowest BCUT2D eigenvalue weighted by Gasteiger charge is -2.22. The van der Waals surface area contributed by atoms with Crippen molar-refractivity contribution < 1.29 is 23.5 Å². The van der Waals surface area contributed by atoms with E-state index >= 15 is 0 Å². The lowest BCUT2D eigenvalue weighted by atomic mass is 9.99. The number of fused-ring (bicyclic) bond motifs is 2. The van der Waals surface area contributed by atoms with Gasteiger partial charge in [-0.25, -0.2) is 14.6 Å². The van der Waals surface area contributed by atoms with E-state index in [0.29, 0.717) is 28.5 Å². The highest BCUT2D eigenvalue weighted by molar-refractivity contribution is 6.06. The Bertz CT molecular complexity index is 1270. The fourth-order valence-corrected chi connectivity index (χ4v) is 4.34. The third-order valence-corrected chi connectivity index (χ3v) is 5.78. The van der Waals surface area contributed by atoms with Crippen LogP contribution in [0, 0.1) is 0 Å². The van der Waals surface area contributed by atoms with Gasteiger partial charge in [0, 0.05) is 35.8 Å². The number of carbonyl (C=O) groups excluding carboxylic acids is 2. The van der Waals surface area contributed by atoms with Crippen LogP contribution in [0.3, 0.4) is 0 Å². The van der Waals surface area contributed by atoms with Gasteiger partial charge in [0.05, 0.1) is 24.1 Å². The summed E-state index contributed by atoms with van der Waals surface area (Å²) in [5.74, 6) is -1.33. The maximum atomic E-state index is 13.0. The van der Waals surface area contributed by atoms with Gasteiger partial charge >= 0.3 is 11.9 Å². The van der Waals surface area contributed by atoms with E-state index in [9.17, 15) is 14.4 Å². The molecule has 1 saturated heterocycles. The van der Waals surface area contributed by atoms with E-state index in [1.165, 1.54) is 6.07 Å². The number of aryl methyl sites for hydroxylation is 1. The SMILES string of the molecule is CCCc1c2nc(C(=O)OCC)cc(N3CCCC3)c2cc2c(=O)cc(C(=O)OCC)oc12. The monoisotopic (exact) mass is 452 g/mol. The molecule has 3 heterocycles. The van der Waals surface area contributed by atoms with Crippen molar-refractivity contribution in [2.75, 3.05) is 31.2 Å². The molecule has 2 aromatic heterocycles. The first-order valence-corrected chi connectivity index (χ1v) is 11.5. The number of benzene rings is 1. The van der Waals surface area contributed by atoms with Gasteiger partial charge in [-0.05, 0) is 45.2 Å². The summed E-state index contributed by atoms with van der Waals surface area (Å²) < 4.78 is 16.2. The van der Waals surface area contributed by atoms with Crippen molar-refractivity contribution in [3.05, 3.63) is 45.4 Å². The first-order valence-electron chi connectivity index (χ1n) is 11.5. The van der Waals surface area contributed by atoms with Crippen LogP contribution in [-0.4, -0.2) is 43.2 Å². The molecule has 0 aliphatic carbocycles. The molecule has 174 valence electrons. The largest absolute Gasteiger partial charge is 0.461 e. The van der Waals surface area contributed by atoms with E-state index in [-0.39, 0.29) is 30.1 Å². The van der Waals surface area contributed by atoms with Gasteiger partial charge in [-0.1, -0.05) is 13.3 Å². The number of aromatic nitrogens is 1. The maximum absolute atomic E-state index is 13.0. The van der Waals surface area contributed by atoms with Gasteiger partial charge in [-0.2, -0.15) is 0 Å². The van der Waals surface area contributed by atoms with Crippen LogP contribution in [0.1, 0.15) is 66.6 Å². The van der Waals surface area contributed by atoms with Crippen LogP contribution in [0.5, 0.6) is 0 Å². The molecule has 0 spiro atoms. The lowest BCUT2D eigenvalue weighted by molar-refractivity contribution is 0.0488. The molecule has 1 aliphatic heterocycles. The van der Waals surface area contributed by atoms with Crippen LogP contribution in [0.25, 0.3) is 21.9 Å². The van der Waals surface area contributed by atoms with Gasteiger partial charge in [0.25, 0.3) is 0 Å². The summed E-state index contributed by atoms with van der Waals surface area (Å²) in [7, 11) is 0. The Hall–Kier alpha value is -3.42. The number of ether oxygens (including phenoxy) is 2. The van der Waals surface area contributed by atoms with E-state index < -0.39 is 11.9 Å². The van der Waals surface area contributed by atoms with E-state index in [0.717, 1.165) is 43.4 Å². The Labute approximate surface area is 191 Å². The van der Waals surface area contributed by atoms with Crippen LogP contribution in [-0.2, 0) is 15.9 Å². The first-order chi connectivity index (χ1) is 16.0. The van der Waals surface area contributed by atoms with E-state index in [2.05, 4.69) is 9.88 Å². The van der Waals surface area contributed by atoms with Gasteiger partial charge in [-0.3, -0.25) is 4.79 Å². The highest BCUT2D eigenvalue weighted by Crippen LogP contribution is 2.35. The zero-order valence-corrected chi connectivity index (χ0v) is 19.2. The second kappa shape index (κ2) is 9.60. The number of hydrogen-bond donors (Lipinski definition) is 0. The molecule has 0 unspecified atom stereocenters. The molecule has 0 bridgehead atoms. The van der Waals surface area contributed by atoms with Crippen LogP contribution in [0.2, 0.25) is 0 Å². The summed E-state index contributed by atoms with van der Waals surface area (Å²) in [6.45, 7) is 7.58. The van der Waals surface area contributed by atoms with Gasteiger partial charge in [-0.15, -0.1) is 0 Å². The molecule has 1 aliphatic rings. The summed E-state index contributed by atoms with van der Waals surface area (Å²) >= 11 is 0. The van der Waals surface area contributed by atoms with E-state index in [1.54, 1.807) is 26.0 Å². The smallest absolute Gasteiger partial charge is 0.374 e. The fourth-order valence-electron chi connectivity index (χ4n) is 4.34. The molecule has 4 rings (SSSR count). The van der Waals surface area contributed by atoms with Crippen molar-refractivity contribution in [3.63, 3.8) is 0 Å². The molecule has 8 nitrogen and oxygen atoms in total. The number of esters is 2. The standard InChI is InChI=1S/C25H28N2O6/c1-4-9-15-22-16(12-17-20(28)14-21(33-23(15)17)25(30)32-6-3)19(27-10-7-8-11-27)13-18(26-22)24(29)31-5-2/h12-14H,4-11H2,1-3H3. The fraction of sp³-hybridized carbons (Fsp3) is 0.440. The van der Waals surface area contributed by atoms with Crippen molar-refractivity contribution in [3.8, 4) is 0 Å².